The first-order valence-electron chi connectivity index (χ1n) is 5.35. The van der Waals surface area contributed by atoms with E-state index in [4.69, 9.17) is 4.42 Å². The number of rotatable bonds is 4. The third-order valence-corrected chi connectivity index (χ3v) is 3.24. The van der Waals surface area contributed by atoms with E-state index < -0.39 is 0 Å². The van der Waals surface area contributed by atoms with Crippen LogP contribution in [0.4, 0.5) is 5.69 Å². The predicted octanol–water partition coefficient (Wildman–Crippen LogP) is 4.22. The first kappa shape index (κ1) is 11.3. The predicted molar refractivity (Wildman–Crippen MR) is 69.6 cm³/mol. The average molecular weight is 280 g/mol. The van der Waals surface area contributed by atoms with Gasteiger partial charge in [-0.05, 0) is 40.0 Å². The second kappa shape index (κ2) is 5.21. The minimum atomic E-state index is 0.699. The molecule has 0 amide bonds. The van der Waals surface area contributed by atoms with Crippen LogP contribution in [0.2, 0.25) is 0 Å². The Morgan fingerprint density at radius 3 is 2.75 bits per heavy atom. The van der Waals surface area contributed by atoms with E-state index >= 15 is 0 Å². The van der Waals surface area contributed by atoms with Crippen molar-refractivity contribution in [1.82, 2.24) is 0 Å². The Kier molecular flexibility index (Phi) is 3.67. The van der Waals surface area contributed by atoms with Gasteiger partial charge >= 0.3 is 0 Å². The lowest BCUT2D eigenvalue weighted by Gasteiger charge is -2.09. The first-order valence-corrected chi connectivity index (χ1v) is 6.14. The molecule has 2 rings (SSSR count). The molecule has 1 aromatic heterocycles. The van der Waals surface area contributed by atoms with Crippen molar-refractivity contribution in [3.05, 3.63) is 52.4 Å². The highest BCUT2D eigenvalue weighted by Gasteiger charge is 2.04. The quantitative estimate of drug-likeness (QED) is 0.907. The number of aryl methyl sites for hydroxylation is 1. The van der Waals surface area contributed by atoms with Crippen molar-refractivity contribution >= 4 is 21.6 Å². The molecule has 0 unspecified atom stereocenters. The maximum absolute atomic E-state index is 5.35. The van der Waals surface area contributed by atoms with Gasteiger partial charge in [-0.3, -0.25) is 0 Å². The van der Waals surface area contributed by atoms with Crippen LogP contribution in [-0.4, -0.2) is 0 Å². The van der Waals surface area contributed by atoms with Crippen molar-refractivity contribution in [3.8, 4) is 0 Å². The van der Waals surface area contributed by atoms with Gasteiger partial charge in [-0.25, -0.2) is 0 Å². The number of anilines is 1. The number of halogens is 1. The molecule has 3 heteroatoms. The van der Waals surface area contributed by atoms with Gasteiger partial charge in [-0.15, -0.1) is 0 Å². The Bertz CT molecular complexity index is 464. The number of nitrogens with one attached hydrogen (secondary N) is 1. The van der Waals surface area contributed by atoms with Gasteiger partial charge < -0.3 is 9.73 Å². The largest absolute Gasteiger partial charge is 0.466 e. The lowest BCUT2D eigenvalue weighted by molar-refractivity contribution is 0.516. The maximum Gasteiger partial charge on any atom is 0.136 e. The Morgan fingerprint density at radius 1 is 1.25 bits per heavy atom. The molecular weight excluding hydrogens is 266 g/mol. The maximum atomic E-state index is 5.35. The van der Waals surface area contributed by atoms with Crippen molar-refractivity contribution in [1.29, 1.82) is 0 Å². The normalized spacial score (nSPS) is 10.4. The summed E-state index contributed by atoms with van der Waals surface area (Å²) in [4.78, 5) is 0. The second-order valence-electron chi connectivity index (χ2n) is 3.56. The summed E-state index contributed by atoms with van der Waals surface area (Å²) in [5, 5.41) is 3.38. The van der Waals surface area contributed by atoms with E-state index in [0.29, 0.717) is 6.54 Å². The highest BCUT2D eigenvalue weighted by molar-refractivity contribution is 9.10. The van der Waals surface area contributed by atoms with Gasteiger partial charge in [-0.1, -0.05) is 25.1 Å². The molecule has 0 aliphatic heterocycles. The van der Waals surface area contributed by atoms with Crippen molar-refractivity contribution in [2.75, 3.05) is 5.32 Å². The van der Waals surface area contributed by atoms with Crippen LogP contribution in [-0.2, 0) is 13.0 Å². The van der Waals surface area contributed by atoms with Crippen molar-refractivity contribution in [3.63, 3.8) is 0 Å². The Labute approximate surface area is 104 Å². The van der Waals surface area contributed by atoms with E-state index in [9.17, 15) is 0 Å². The monoisotopic (exact) mass is 279 g/mol. The van der Waals surface area contributed by atoms with Crippen LogP contribution in [0.25, 0.3) is 0 Å². The van der Waals surface area contributed by atoms with E-state index in [1.54, 1.807) is 6.26 Å². The number of furan rings is 1. The van der Waals surface area contributed by atoms with Crippen LogP contribution in [0.15, 0.2) is 45.5 Å². The molecule has 0 fully saturated rings. The van der Waals surface area contributed by atoms with E-state index in [-0.39, 0.29) is 0 Å². The van der Waals surface area contributed by atoms with Gasteiger partial charge in [0.15, 0.2) is 0 Å². The third-order valence-electron chi connectivity index (χ3n) is 2.53. The van der Waals surface area contributed by atoms with Gasteiger partial charge in [0.05, 0.1) is 17.3 Å². The Balaban J connectivity index is 2.07. The second-order valence-corrected chi connectivity index (χ2v) is 4.41. The highest BCUT2D eigenvalue weighted by atomic mass is 79.9. The van der Waals surface area contributed by atoms with Crippen molar-refractivity contribution < 1.29 is 4.42 Å². The minimum Gasteiger partial charge on any atom is -0.466 e. The minimum absolute atomic E-state index is 0.699. The van der Waals surface area contributed by atoms with Gasteiger partial charge in [-0.2, -0.15) is 0 Å². The molecule has 1 N–H and O–H groups in total. The molecular formula is C13H14BrNO. The van der Waals surface area contributed by atoms with Crippen LogP contribution in [0.3, 0.4) is 0 Å². The van der Waals surface area contributed by atoms with E-state index in [1.165, 1.54) is 11.3 Å². The fraction of sp³-hybridized carbons (Fsp3) is 0.231. The molecule has 16 heavy (non-hydrogen) atoms. The molecule has 0 atom stereocenters. The summed E-state index contributed by atoms with van der Waals surface area (Å²) >= 11 is 3.44. The topological polar surface area (TPSA) is 25.2 Å². The molecule has 2 aromatic rings. The summed E-state index contributed by atoms with van der Waals surface area (Å²) in [5.41, 5.74) is 2.50. The third kappa shape index (κ3) is 2.47. The molecule has 84 valence electrons. The van der Waals surface area contributed by atoms with E-state index in [2.05, 4.69) is 46.4 Å². The van der Waals surface area contributed by atoms with Gasteiger partial charge in [0, 0.05) is 5.69 Å². The molecule has 0 saturated heterocycles. The molecule has 0 aliphatic carbocycles. The molecule has 0 saturated carbocycles. The molecule has 1 aromatic carbocycles. The van der Waals surface area contributed by atoms with Crippen LogP contribution < -0.4 is 5.32 Å². The Hall–Kier alpha value is -1.22. The highest BCUT2D eigenvalue weighted by Crippen LogP contribution is 2.21. The summed E-state index contributed by atoms with van der Waals surface area (Å²) in [6.45, 7) is 2.86. The fourth-order valence-corrected chi connectivity index (χ4v) is 1.97. The zero-order valence-corrected chi connectivity index (χ0v) is 10.8. The van der Waals surface area contributed by atoms with Crippen molar-refractivity contribution in [2.45, 2.75) is 19.9 Å². The lowest BCUT2D eigenvalue weighted by atomic mass is 10.1. The number of hydrogen-bond acceptors (Lipinski definition) is 2. The lowest BCUT2D eigenvalue weighted by Crippen LogP contribution is -2.01. The van der Waals surface area contributed by atoms with Crippen molar-refractivity contribution in [2.24, 2.45) is 0 Å². The molecule has 2 nitrogen and oxygen atoms in total. The first-order chi connectivity index (χ1) is 7.81. The zero-order chi connectivity index (χ0) is 11.4. The van der Waals surface area contributed by atoms with Crippen LogP contribution in [0, 0.1) is 0 Å². The summed E-state index contributed by atoms with van der Waals surface area (Å²) in [5.74, 6) is 0.922. The Morgan fingerprint density at radius 2 is 2.06 bits per heavy atom. The number of hydrogen-bond donors (Lipinski definition) is 1. The molecule has 0 aliphatic rings. The number of para-hydroxylation sites is 1. The zero-order valence-electron chi connectivity index (χ0n) is 9.16. The summed E-state index contributed by atoms with van der Waals surface area (Å²) in [7, 11) is 0. The summed E-state index contributed by atoms with van der Waals surface area (Å²) in [6, 6.07) is 10.2. The summed E-state index contributed by atoms with van der Waals surface area (Å²) in [6.07, 6.45) is 2.72. The van der Waals surface area contributed by atoms with Crippen LogP contribution in [0.1, 0.15) is 18.2 Å². The van der Waals surface area contributed by atoms with Gasteiger partial charge in [0.25, 0.3) is 0 Å². The summed E-state index contributed by atoms with van der Waals surface area (Å²) < 4.78 is 6.36. The van der Waals surface area contributed by atoms with Crippen LogP contribution in [0.5, 0.6) is 0 Å². The molecule has 0 bridgehead atoms. The van der Waals surface area contributed by atoms with Crippen LogP contribution >= 0.6 is 15.9 Å². The smallest absolute Gasteiger partial charge is 0.136 e. The molecule has 0 spiro atoms. The number of benzene rings is 1. The standard InChI is InChI=1S/C13H14BrNO/c1-2-10-5-3-4-6-12(10)15-9-13-11(14)7-8-16-13/h3-8,15H,2,9H2,1H3. The fourth-order valence-electron chi connectivity index (χ4n) is 1.63. The van der Waals surface area contributed by atoms with E-state index in [0.717, 1.165) is 16.7 Å². The molecule has 0 radical (unpaired) electrons. The SMILES string of the molecule is CCc1ccccc1NCc1occc1Br. The average Bonchev–Trinajstić information content (AvgIpc) is 2.72. The molecule has 1 heterocycles. The van der Waals surface area contributed by atoms with Gasteiger partial charge in [0.1, 0.15) is 5.76 Å². The van der Waals surface area contributed by atoms with E-state index in [1.807, 2.05) is 12.1 Å². The van der Waals surface area contributed by atoms with Gasteiger partial charge in [0.2, 0.25) is 0 Å².